The molecule has 0 saturated heterocycles. The molecular weight excluding hydrogens is 322 g/mol. The Morgan fingerprint density at radius 3 is 1.72 bits per heavy atom. The van der Waals surface area contributed by atoms with Gasteiger partial charge < -0.3 is 0 Å². The molecule has 0 fully saturated rings. The maximum atomic E-state index is 4.58. The topological polar surface area (TPSA) is 90.1 Å². The van der Waals surface area contributed by atoms with Crippen LogP contribution in [0.15, 0.2) is 78.9 Å². The van der Waals surface area contributed by atoms with E-state index in [9.17, 15) is 0 Å². The van der Waals surface area contributed by atoms with E-state index in [1.807, 2.05) is 31.4 Å². The van der Waals surface area contributed by atoms with Gasteiger partial charge in [0.2, 0.25) is 0 Å². The van der Waals surface area contributed by atoms with Crippen molar-refractivity contribution in [1.82, 2.24) is 39.6 Å². The molecule has 0 radical (unpaired) electrons. The summed E-state index contributed by atoms with van der Waals surface area (Å²) in [4.78, 5) is 6.31. The highest BCUT2D eigenvalue weighted by Gasteiger charge is 2.23. The molecule has 4 aromatic rings. The first-order chi connectivity index (χ1) is 12.3. The van der Waals surface area contributed by atoms with Crippen molar-refractivity contribution in [2.24, 2.45) is 5.10 Å². The number of nitrogens with zero attached hydrogens (tertiary/aromatic N) is 11. The first-order valence-electron chi connectivity index (χ1n) is 7.45. The van der Waals surface area contributed by atoms with Gasteiger partial charge in [0.15, 0.2) is 0 Å². The summed E-state index contributed by atoms with van der Waals surface area (Å²) in [5, 5.41) is 25.0. The molecule has 0 aliphatic rings. The van der Waals surface area contributed by atoms with Gasteiger partial charge in [0.25, 0.3) is 5.96 Å². The molecule has 4 aromatic heterocycles. The first-order valence-corrected chi connectivity index (χ1v) is 7.45. The number of hydrogen-bond acceptors (Lipinski definition) is 5. The number of guanidine groups is 1. The Bertz CT molecular complexity index is 870. The van der Waals surface area contributed by atoms with Gasteiger partial charge in [-0.25, -0.2) is 5.01 Å². The smallest absolute Gasteiger partial charge is 0.232 e. The molecule has 0 bridgehead atoms. The van der Waals surface area contributed by atoms with E-state index < -0.39 is 0 Å². The van der Waals surface area contributed by atoms with Gasteiger partial charge in [-0.2, -0.15) is 39.6 Å². The molecule has 0 aromatic carbocycles. The van der Waals surface area contributed by atoms with Crippen molar-refractivity contribution in [2.45, 2.75) is 0 Å². The van der Waals surface area contributed by atoms with E-state index in [2.05, 4.69) is 25.5 Å². The van der Waals surface area contributed by atoms with Crippen LogP contribution in [-0.2, 0) is 0 Å². The minimum atomic E-state index is 0.458. The summed E-state index contributed by atoms with van der Waals surface area (Å²) in [6.45, 7) is 0. The van der Waals surface area contributed by atoms with Crippen LogP contribution >= 0.6 is 0 Å². The van der Waals surface area contributed by atoms with Crippen LogP contribution in [0, 0.1) is 0 Å². The molecule has 11 heteroatoms. The minimum absolute atomic E-state index is 0.458. The van der Waals surface area contributed by atoms with E-state index in [0.717, 1.165) is 0 Å². The first kappa shape index (κ1) is 14.7. The van der Waals surface area contributed by atoms with Gasteiger partial charge in [0, 0.05) is 13.2 Å². The standard InChI is InChI=1S/C14H15N11/c1-20(22-11-3-7-16-22)14(19-21-10-2-6-15-21)25(23-12-4-8-17-23)24-13-5-9-18-24/h2-13H,1H3. The normalized spacial score (nSPS) is 11.6. The number of hydrogen-bond donors (Lipinski definition) is 0. The Hall–Kier alpha value is -3.89. The van der Waals surface area contributed by atoms with Crippen molar-refractivity contribution in [3.63, 3.8) is 0 Å². The van der Waals surface area contributed by atoms with Gasteiger partial charge in [0.05, 0.1) is 43.4 Å². The monoisotopic (exact) mass is 337 g/mol. The lowest BCUT2D eigenvalue weighted by Crippen LogP contribution is -2.56. The van der Waals surface area contributed by atoms with Crippen molar-refractivity contribution < 1.29 is 0 Å². The Labute approximate surface area is 142 Å². The molecule has 0 spiro atoms. The van der Waals surface area contributed by atoms with Gasteiger partial charge in [0.1, 0.15) is 0 Å². The summed E-state index contributed by atoms with van der Waals surface area (Å²) in [7, 11) is 1.83. The number of rotatable bonds is 4. The second-order valence-corrected chi connectivity index (χ2v) is 4.92. The quantitative estimate of drug-likeness (QED) is 0.383. The summed E-state index contributed by atoms with van der Waals surface area (Å²) in [5.41, 5.74) is 0. The van der Waals surface area contributed by atoms with Crippen molar-refractivity contribution in [2.75, 3.05) is 17.2 Å². The van der Waals surface area contributed by atoms with Crippen molar-refractivity contribution in [3.8, 4) is 0 Å². The Kier molecular flexibility index (Phi) is 3.71. The maximum absolute atomic E-state index is 4.58. The van der Waals surface area contributed by atoms with Crippen molar-refractivity contribution in [3.05, 3.63) is 73.8 Å². The van der Waals surface area contributed by atoms with Crippen LogP contribution in [0.25, 0.3) is 0 Å². The maximum Gasteiger partial charge on any atom is 0.284 e. The van der Waals surface area contributed by atoms with E-state index in [-0.39, 0.29) is 0 Å². The SMILES string of the molecule is CN(C(=Nn1cccn1)N(n1cccn1)n1cccn1)n1cccn1. The van der Waals surface area contributed by atoms with Crippen LogP contribution in [0.1, 0.15) is 0 Å². The van der Waals surface area contributed by atoms with Gasteiger partial charge >= 0.3 is 0 Å². The van der Waals surface area contributed by atoms with E-state index in [0.29, 0.717) is 5.96 Å². The summed E-state index contributed by atoms with van der Waals surface area (Å²) in [6, 6.07) is 7.25. The van der Waals surface area contributed by atoms with Gasteiger partial charge in [-0.1, -0.05) is 0 Å². The predicted molar refractivity (Wildman–Crippen MR) is 89.5 cm³/mol. The zero-order valence-corrected chi connectivity index (χ0v) is 13.3. The van der Waals surface area contributed by atoms with Crippen LogP contribution < -0.4 is 10.1 Å². The molecule has 0 saturated carbocycles. The van der Waals surface area contributed by atoms with E-state index in [4.69, 9.17) is 0 Å². The zero-order chi connectivity index (χ0) is 17.1. The Balaban J connectivity index is 1.85. The largest absolute Gasteiger partial charge is 0.284 e. The second kappa shape index (κ2) is 6.31. The lowest BCUT2D eigenvalue weighted by molar-refractivity contribution is 0.498. The highest BCUT2D eigenvalue weighted by atomic mass is 15.9. The van der Waals surface area contributed by atoms with Crippen molar-refractivity contribution in [1.29, 1.82) is 0 Å². The minimum Gasteiger partial charge on any atom is -0.232 e. The summed E-state index contributed by atoms with van der Waals surface area (Å²) >= 11 is 0. The molecular formula is C14H15N11. The Morgan fingerprint density at radius 1 is 0.720 bits per heavy atom. The molecule has 0 N–H and O–H groups in total. The van der Waals surface area contributed by atoms with Crippen LogP contribution in [0.4, 0.5) is 0 Å². The van der Waals surface area contributed by atoms with E-state index in [1.165, 1.54) is 4.79 Å². The third-order valence-electron chi connectivity index (χ3n) is 3.32. The summed E-state index contributed by atoms with van der Waals surface area (Å²) < 4.78 is 0. The van der Waals surface area contributed by atoms with Crippen molar-refractivity contribution >= 4 is 5.96 Å². The molecule has 0 unspecified atom stereocenters. The lowest BCUT2D eigenvalue weighted by atomic mass is 10.7. The molecule has 25 heavy (non-hydrogen) atoms. The van der Waals surface area contributed by atoms with Crippen LogP contribution in [0.5, 0.6) is 0 Å². The lowest BCUT2D eigenvalue weighted by Gasteiger charge is -2.30. The molecule has 4 rings (SSSR count). The van der Waals surface area contributed by atoms with E-state index in [1.54, 1.807) is 73.9 Å². The second-order valence-electron chi connectivity index (χ2n) is 4.92. The van der Waals surface area contributed by atoms with Gasteiger partial charge in [-0.3, -0.25) is 0 Å². The fourth-order valence-corrected chi connectivity index (χ4v) is 2.20. The summed E-state index contributed by atoms with van der Waals surface area (Å²) in [6.07, 6.45) is 13.8. The van der Waals surface area contributed by atoms with Crippen LogP contribution in [0.3, 0.4) is 0 Å². The molecule has 0 aliphatic heterocycles. The van der Waals surface area contributed by atoms with Crippen LogP contribution in [0.2, 0.25) is 0 Å². The van der Waals surface area contributed by atoms with E-state index >= 15 is 0 Å². The predicted octanol–water partition coefficient (Wildman–Crippen LogP) is -0.0388. The third kappa shape index (κ3) is 2.85. The Morgan fingerprint density at radius 2 is 1.24 bits per heavy atom. The average Bonchev–Trinajstić information content (AvgIpc) is 3.43. The third-order valence-corrected chi connectivity index (χ3v) is 3.32. The molecule has 11 nitrogen and oxygen atoms in total. The zero-order valence-electron chi connectivity index (χ0n) is 13.3. The average molecular weight is 337 g/mol. The molecule has 4 heterocycles. The molecule has 0 atom stereocenters. The fraction of sp³-hybridized carbons (Fsp3) is 0.0714. The number of aromatic nitrogens is 8. The van der Waals surface area contributed by atoms with Gasteiger partial charge in [-0.05, 0) is 24.3 Å². The highest BCUT2D eigenvalue weighted by molar-refractivity contribution is 5.96. The van der Waals surface area contributed by atoms with Gasteiger partial charge in [-0.15, -0.1) is 10.2 Å². The molecule has 126 valence electrons. The molecule has 0 aliphatic carbocycles. The van der Waals surface area contributed by atoms with Crippen LogP contribution in [-0.4, -0.2) is 52.6 Å². The molecule has 0 amide bonds. The fourth-order valence-electron chi connectivity index (χ4n) is 2.20. The highest BCUT2D eigenvalue weighted by Crippen LogP contribution is 2.01. The summed E-state index contributed by atoms with van der Waals surface area (Å²) in [5.74, 6) is 0.458.